The van der Waals surface area contributed by atoms with Gasteiger partial charge in [-0.2, -0.15) is 0 Å². The summed E-state index contributed by atoms with van der Waals surface area (Å²) in [5, 5.41) is 0. The van der Waals surface area contributed by atoms with Crippen LogP contribution in [0.4, 0.5) is 0 Å². The van der Waals surface area contributed by atoms with Gasteiger partial charge in [-0.25, -0.2) is 4.98 Å². The molecule has 5 rings (SSSR count). The number of hydrogen-bond acceptors (Lipinski definition) is 2. The predicted molar refractivity (Wildman–Crippen MR) is 136 cm³/mol. The fourth-order valence-corrected chi connectivity index (χ4v) is 4.35. The molecule has 0 aliphatic rings. The van der Waals surface area contributed by atoms with Crippen LogP contribution in [0.15, 0.2) is 97.1 Å². The number of aryl methyl sites for hydroxylation is 2. The van der Waals surface area contributed by atoms with Crippen molar-refractivity contribution in [1.82, 2.24) is 9.55 Å². The van der Waals surface area contributed by atoms with Crippen LogP contribution in [-0.2, 0) is 13.0 Å². The molecular formula is C30H28N2O. The molecule has 0 aliphatic carbocycles. The predicted octanol–water partition coefficient (Wildman–Crippen LogP) is 6.99. The molecule has 0 saturated heterocycles. The van der Waals surface area contributed by atoms with E-state index in [2.05, 4.69) is 103 Å². The zero-order valence-electron chi connectivity index (χ0n) is 19.2. The fourth-order valence-electron chi connectivity index (χ4n) is 4.35. The highest BCUT2D eigenvalue weighted by molar-refractivity contribution is 5.76. The molecule has 5 aromatic rings. The summed E-state index contributed by atoms with van der Waals surface area (Å²) in [4.78, 5) is 4.95. The van der Waals surface area contributed by atoms with Gasteiger partial charge in [0.1, 0.15) is 18.2 Å². The van der Waals surface area contributed by atoms with Gasteiger partial charge < -0.3 is 9.30 Å². The second-order valence-electron chi connectivity index (χ2n) is 8.53. The number of imidazole rings is 1. The van der Waals surface area contributed by atoms with Crippen molar-refractivity contribution in [2.45, 2.75) is 26.8 Å². The summed E-state index contributed by atoms with van der Waals surface area (Å²) in [5.74, 6) is 2.01. The number of nitrogens with zero attached hydrogens (tertiary/aromatic N) is 2. The van der Waals surface area contributed by atoms with Gasteiger partial charge in [-0.3, -0.25) is 0 Å². The Morgan fingerprint density at radius 1 is 0.758 bits per heavy atom. The van der Waals surface area contributed by atoms with Crippen molar-refractivity contribution in [2.75, 3.05) is 6.61 Å². The third kappa shape index (κ3) is 4.68. The van der Waals surface area contributed by atoms with Crippen LogP contribution < -0.4 is 4.74 Å². The molecule has 164 valence electrons. The minimum Gasteiger partial charge on any atom is -0.491 e. The van der Waals surface area contributed by atoms with Crippen molar-refractivity contribution in [3.8, 4) is 16.9 Å². The van der Waals surface area contributed by atoms with E-state index in [0.717, 1.165) is 35.6 Å². The van der Waals surface area contributed by atoms with Crippen molar-refractivity contribution < 1.29 is 4.74 Å². The van der Waals surface area contributed by atoms with Gasteiger partial charge in [0, 0.05) is 6.42 Å². The molecule has 0 N–H and O–H groups in total. The largest absolute Gasteiger partial charge is 0.491 e. The second-order valence-corrected chi connectivity index (χ2v) is 8.53. The molecule has 0 spiro atoms. The summed E-state index contributed by atoms with van der Waals surface area (Å²) in [6.45, 7) is 5.56. The van der Waals surface area contributed by atoms with Gasteiger partial charge in [-0.05, 0) is 54.3 Å². The quantitative estimate of drug-likeness (QED) is 0.277. The lowest BCUT2D eigenvalue weighted by Gasteiger charge is -2.13. The summed E-state index contributed by atoms with van der Waals surface area (Å²) < 4.78 is 8.43. The Labute approximate surface area is 195 Å². The first-order chi connectivity index (χ1) is 16.2. The summed E-state index contributed by atoms with van der Waals surface area (Å²) >= 11 is 0. The van der Waals surface area contributed by atoms with E-state index in [1.165, 1.54) is 27.8 Å². The topological polar surface area (TPSA) is 27.1 Å². The Kier molecular flexibility index (Phi) is 5.95. The lowest BCUT2D eigenvalue weighted by molar-refractivity contribution is 0.296. The molecule has 0 fully saturated rings. The minimum atomic E-state index is 0.601. The van der Waals surface area contributed by atoms with Gasteiger partial charge in [0.2, 0.25) is 0 Å². The van der Waals surface area contributed by atoms with Gasteiger partial charge in [0.25, 0.3) is 0 Å². The lowest BCUT2D eigenvalue weighted by atomic mass is 10.0. The molecule has 0 atom stereocenters. The molecule has 0 radical (unpaired) electrons. The third-order valence-corrected chi connectivity index (χ3v) is 6.06. The summed E-state index contributed by atoms with van der Waals surface area (Å²) in [6.07, 6.45) is 0.785. The molecule has 0 unspecified atom stereocenters. The minimum absolute atomic E-state index is 0.601. The Morgan fingerprint density at radius 2 is 1.48 bits per heavy atom. The molecule has 3 nitrogen and oxygen atoms in total. The molecule has 3 heteroatoms. The van der Waals surface area contributed by atoms with Crippen LogP contribution in [0.2, 0.25) is 0 Å². The van der Waals surface area contributed by atoms with Gasteiger partial charge in [-0.15, -0.1) is 0 Å². The monoisotopic (exact) mass is 432 g/mol. The van der Waals surface area contributed by atoms with E-state index in [1.54, 1.807) is 0 Å². The van der Waals surface area contributed by atoms with Crippen molar-refractivity contribution in [3.05, 3.63) is 120 Å². The third-order valence-electron chi connectivity index (χ3n) is 6.06. The first kappa shape index (κ1) is 21.0. The highest BCUT2D eigenvalue weighted by Gasteiger charge is 2.12. The number of para-hydroxylation sites is 2. The average molecular weight is 433 g/mol. The van der Waals surface area contributed by atoms with Crippen molar-refractivity contribution in [2.24, 2.45) is 0 Å². The molecule has 33 heavy (non-hydrogen) atoms. The number of fused-ring (bicyclic) bond motifs is 1. The number of aromatic nitrogens is 2. The van der Waals surface area contributed by atoms with E-state index in [4.69, 9.17) is 9.72 Å². The number of rotatable bonds is 7. The maximum Gasteiger partial charge on any atom is 0.122 e. The van der Waals surface area contributed by atoms with Crippen LogP contribution >= 0.6 is 0 Å². The van der Waals surface area contributed by atoms with E-state index < -0.39 is 0 Å². The molecule has 0 aliphatic heterocycles. The normalized spacial score (nSPS) is 11.1. The van der Waals surface area contributed by atoms with Gasteiger partial charge in [-0.1, -0.05) is 84.4 Å². The molecule has 1 aromatic heterocycles. The number of benzene rings is 4. The van der Waals surface area contributed by atoms with E-state index >= 15 is 0 Å². The van der Waals surface area contributed by atoms with Crippen LogP contribution in [0.5, 0.6) is 5.75 Å². The average Bonchev–Trinajstić information content (AvgIpc) is 3.18. The van der Waals surface area contributed by atoms with E-state index in [1.807, 2.05) is 12.1 Å². The molecule has 1 heterocycles. The molecule has 0 amide bonds. The fraction of sp³-hybridized carbons (Fsp3) is 0.167. The van der Waals surface area contributed by atoms with Crippen LogP contribution in [0.1, 0.15) is 22.5 Å². The maximum absolute atomic E-state index is 6.14. The SMILES string of the molecule is Cc1ccc(OCCn2c(Cc3ccc(-c4ccccc4)cc3)nc3ccccc32)c(C)c1. The van der Waals surface area contributed by atoms with E-state index in [9.17, 15) is 0 Å². The van der Waals surface area contributed by atoms with E-state index in [-0.39, 0.29) is 0 Å². The highest BCUT2D eigenvalue weighted by Crippen LogP contribution is 2.23. The lowest BCUT2D eigenvalue weighted by Crippen LogP contribution is -2.12. The Hall–Kier alpha value is -3.85. The first-order valence-corrected chi connectivity index (χ1v) is 11.5. The smallest absolute Gasteiger partial charge is 0.122 e. The van der Waals surface area contributed by atoms with Gasteiger partial charge in [0.05, 0.1) is 17.6 Å². The standard InChI is InChI=1S/C30H28N2O/c1-22-12-17-29(23(2)20-22)33-19-18-32-28-11-7-6-10-27(28)31-30(32)21-24-13-15-26(16-14-24)25-8-4-3-5-9-25/h3-17,20H,18-19,21H2,1-2H3. The zero-order chi connectivity index (χ0) is 22.6. The number of hydrogen-bond donors (Lipinski definition) is 0. The first-order valence-electron chi connectivity index (χ1n) is 11.5. The van der Waals surface area contributed by atoms with Crippen LogP contribution in [0, 0.1) is 13.8 Å². The van der Waals surface area contributed by atoms with Crippen molar-refractivity contribution in [3.63, 3.8) is 0 Å². The molecule has 0 saturated carbocycles. The van der Waals surface area contributed by atoms with Gasteiger partial charge >= 0.3 is 0 Å². The number of ether oxygens (including phenoxy) is 1. The van der Waals surface area contributed by atoms with Crippen molar-refractivity contribution in [1.29, 1.82) is 0 Å². The molecule has 0 bridgehead atoms. The molecule has 4 aromatic carbocycles. The summed E-state index contributed by atoms with van der Waals surface area (Å²) in [7, 11) is 0. The van der Waals surface area contributed by atoms with Gasteiger partial charge in [0.15, 0.2) is 0 Å². The summed E-state index contributed by atoms with van der Waals surface area (Å²) in [5.41, 5.74) is 8.32. The zero-order valence-corrected chi connectivity index (χ0v) is 19.2. The van der Waals surface area contributed by atoms with Crippen molar-refractivity contribution >= 4 is 11.0 Å². The summed E-state index contributed by atoms with van der Waals surface area (Å²) in [6, 6.07) is 33.9. The van der Waals surface area contributed by atoms with Crippen LogP contribution in [-0.4, -0.2) is 16.2 Å². The van der Waals surface area contributed by atoms with Crippen LogP contribution in [0.25, 0.3) is 22.2 Å². The maximum atomic E-state index is 6.14. The van der Waals surface area contributed by atoms with E-state index in [0.29, 0.717) is 6.61 Å². The highest BCUT2D eigenvalue weighted by atomic mass is 16.5. The Balaban J connectivity index is 1.36. The molecular weight excluding hydrogens is 404 g/mol. The Morgan fingerprint density at radius 3 is 2.27 bits per heavy atom. The second kappa shape index (κ2) is 9.33. The van der Waals surface area contributed by atoms with Crippen LogP contribution in [0.3, 0.4) is 0 Å². The Bertz CT molecular complexity index is 1370.